The van der Waals surface area contributed by atoms with Crippen LogP contribution < -0.4 is 0 Å². The number of H-pyrrole nitrogens is 1. The van der Waals surface area contributed by atoms with E-state index >= 15 is 0 Å². The van der Waals surface area contributed by atoms with E-state index < -0.39 is 0 Å². The fraction of sp³-hybridized carbons (Fsp3) is 0.300. The molecule has 2 heterocycles. The summed E-state index contributed by atoms with van der Waals surface area (Å²) in [5.41, 5.74) is 0.471. The zero-order valence-corrected chi connectivity index (χ0v) is 8.52. The lowest BCUT2D eigenvalue weighted by Crippen LogP contribution is -2.34. The summed E-state index contributed by atoms with van der Waals surface area (Å²) >= 11 is 0. The van der Waals surface area contributed by atoms with Gasteiger partial charge in [-0.15, -0.1) is 0 Å². The van der Waals surface area contributed by atoms with Crippen molar-refractivity contribution in [2.75, 3.05) is 0 Å². The average Bonchev–Trinajstić information content (AvgIpc) is 2.76. The van der Waals surface area contributed by atoms with Crippen LogP contribution in [0.4, 0.5) is 0 Å². The molecule has 5 heteroatoms. The third-order valence-electron chi connectivity index (χ3n) is 2.44. The van der Waals surface area contributed by atoms with Gasteiger partial charge in [0.1, 0.15) is 5.82 Å². The molecule has 0 radical (unpaired) electrons. The first kappa shape index (κ1) is 9.64. The maximum Gasteiger partial charge on any atom is 0.257 e. The fourth-order valence-corrected chi connectivity index (χ4v) is 1.60. The average molecular weight is 205 g/mol. The van der Waals surface area contributed by atoms with Crippen LogP contribution in [0.2, 0.25) is 0 Å². The van der Waals surface area contributed by atoms with Gasteiger partial charge in [0.25, 0.3) is 11.8 Å². The van der Waals surface area contributed by atoms with Crippen LogP contribution in [-0.4, -0.2) is 26.7 Å². The van der Waals surface area contributed by atoms with Crippen molar-refractivity contribution in [3.63, 3.8) is 0 Å². The molecule has 1 aliphatic rings. The van der Waals surface area contributed by atoms with E-state index in [4.69, 9.17) is 0 Å². The molecule has 0 saturated carbocycles. The highest BCUT2D eigenvalue weighted by Crippen LogP contribution is 2.23. The summed E-state index contributed by atoms with van der Waals surface area (Å²) in [5.74, 6) is 0.0881. The molecule has 2 amide bonds. The predicted octanol–water partition coefficient (Wildman–Crippen LogP) is 0.786. The second-order valence-electron chi connectivity index (χ2n) is 3.49. The van der Waals surface area contributed by atoms with Gasteiger partial charge in [-0.2, -0.15) is 0 Å². The number of hydrogen-bond donors (Lipinski definition) is 1. The van der Waals surface area contributed by atoms with Gasteiger partial charge in [0.2, 0.25) is 0 Å². The SMILES string of the molecule is CC1=CC(=O)N(C(C)c2ncc[nH]2)C1=O. The summed E-state index contributed by atoms with van der Waals surface area (Å²) in [5, 5.41) is 0. The maximum atomic E-state index is 11.6. The van der Waals surface area contributed by atoms with Gasteiger partial charge in [-0.05, 0) is 13.8 Å². The number of amides is 2. The molecule has 15 heavy (non-hydrogen) atoms. The van der Waals surface area contributed by atoms with Crippen molar-refractivity contribution < 1.29 is 9.59 Å². The molecule has 0 aliphatic carbocycles. The number of carbonyl (C=O) groups excluding carboxylic acids is 2. The summed E-state index contributed by atoms with van der Waals surface area (Å²) in [7, 11) is 0. The topological polar surface area (TPSA) is 66.1 Å². The quantitative estimate of drug-likeness (QED) is 0.726. The molecule has 1 unspecified atom stereocenters. The van der Waals surface area contributed by atoms with E-state index in [9.17, 15) is 9.59 Å². The van der Waals surface area contributed by atoms with Gasteiger partial charge in [-0.3, -0.25) is 14.5 Å². The summed E-state index contributed by atoms with van der Waals surface area (Å²) in [6.45, 7) is 3.40. The third kappa shape index (κ3) is 1.45. The first-order chi connectivity index (χ1) is 7.11. The minimum Gasteiger partial charge on any atom is -0.347 e. The summed E-state index contributed by atoms with van der Waals surface area (Å²) in [6, 6.07) is -0.353. The smallest absolute Gasteiger partial charge is 0.257 e. The Labute approximate surface area is 86.8 Å². The number of imidazole rings is 1. The Morgan fingerprint density at radius 2 is 2.20 bits per heavy atom. The molecule has 5 nitrogen and oxygen atoms in total. The first-order valence-electron chi connectivity index (χ1n) is 4.66. The highest BCUT2D eigenvalue weighted by Gasteiger charge is 2.33. The molecule has 1 aromatic rings. The molecule has 78 valence electrons. The molecule has 0 fully saturated rings. The number of nitrogens with one attached hydrogen (secondary N) is 1. The molecule has 0 bridgehead atoms. The Hall–Kier alpha value is -1.91. The van der Waals surface area contributed by atoms with Crippen molar-refractivity contribution >= 4 is 11.8 Å². The van der Waals surface area contributed by atoms with Crippen LogP contribution in [0, 0.1) is 0 Å². The van der Waals surface area contributed by atoms with Gasteiger partial charge in [0.05, 0.1) is 6.04 Å². The van der Waals surface area contributed by atoms with Gasteiger partial charge < -0.3 is 4.98 Å². The van der Waals surface area contributed by atoms with E-state index in [0.717, 1.165) is 0 Å². The Morgan fingerprint density at radius 1 is 1.47 bits per heavy atom. The lowest BCUT2D eigenvalue weighted by atomic mass is 10.2. The first-order valence-corrected chi connectivity index (χ1v) is 4.66. The van der Waals surface area contributed by atoms with Crippen molar-refractivity contribution in [3.05, 3.63) is 29.9 Å². The molecule has 0 spiro atoms. The van der Waals surface area contributed by atoms with Crippen LogP contribution in [0.3, 0.4) is 0 Å². The molecule has 1 N–H and O–H groups in total. The number of aromatic nitrogens is 2. The van der Waals surface area contributed by atoms with Crippen molar-refractivity contribution in [1.29, 1.82) is 0 Å². The second kappa shape index (κ2) is 3.34. The van der Waals surface area contributed by atoms with Crippen molar-refractivity contribution in [2.45, 2.75) is 19.9 Å². The van der Waals surface area contributed by atoms with Gasteiger partial charge in [0.15, 0.2) is 0 Å². The van der Waals surface area contributed by atoms with Gasteiger partial charge >= 0.3 is 0 Å². The molecular formula is C10H11N3O2. The summed E-state index contributed by atoms with van der Waals surface area (Å²) in [6.07, 6.45) is 4.61. The van der Waals surface area contributed by atoms with E-state index in [-0.39, 0.29) is 17.9 Å². The number of rotatable bonds is 2. The van der Waals surface area contributed by atoms with Crippen molar-refractivity contribution in [1.82, 2.24) is 14.9 Å². The van der Waals surface area contributed by atoms with Crippen LogP contribution in [0.25, 0.3) is 0 Å². The zero-order chi connectivity index (χ0) is 11.0. The number of imide groups is 1. The van der Waals surface area contributed by atoms with E-state index in [1.807, 2.05) is 0 Å². The van der Waals surface area contributed by atoms with E-state index in [1.165, 1.54) is 11.0 Å². The van der Waals surface area contributed by atoms with Gasteiger partial charge in [0, 0.05) is 24.0 Å². The predicted molar refractivity (Wildman–Crippen MR) is 52.6 cm³/mol. The monoisotopic (exact) mass is 205 g/mol. The molecule has 1 aromatic heterocycles. The standard InChI is InChI=1S/C10H11N3O2/c1-6-5-8(14)13(10(6)15)7(2)9-11-3-4-12-9/h3-5,7H,1-2H3,(H,11,12). The Balaban J connectivity index is 2.27. The molecule has 1 aliphatic heterocycles. The van der Waals surface area contributed by atoms with Crippen LogP contribution in [0.5, 0.6) is 0 Å². The number of carbonyl (C=O) groups is 2. The normalized spacial score (nSPS) is 18.3. The zero-order valence-electron chi connectivity index (χ0n) is 8.52. The lowest BCUT2D eigenvalue weighted by molar-refractivity contribution is -0.139. The molecule has 0 saturated heterocycles. The van der Waals surface area contributed by atoms with Crippen LogP contribution in [0.15, 0.2) is 24.0 Å². The summed E-state index contributed by atoms with van der Waals surface area (Å²) in [4.78, 5) is 31.3. The minimum absolute atomic E-state index is 0.246. The number of hydrogen-bond acceptors (Lipinski definition) is 3. The van der Waals surface area contributed by atoms with Crippen molar-refractivity contribution in [3.8, 4) is 0 Å². The van der Waals surface area contributed by atoms with E-state index in [2.05, 4.69) is 9.97 Å². The second-order valence-corrected chi connectivity index (χ2v) is 3.49. The van der Waals surface area contributed by atoms with Gasteiger partial charge in [-0.1, -0.05) is 0 Å². The van der Waals surface area contributed by atoms with E-state index in [0.29, 0.717) is 11.4 Å². The fourth-order valence-electron chi connectivity index (χ4n) is 1.60. The Bertz CT molecular complexity index is 434. The molecule has 2 rings (SSSR count). The molecular weight excluding hydrogens is 194 g/mol. The lowest BCUT2D eigenvalue weighted by Gasteiger charge is -2.20. The Morgan fingerprint density at radius 3 is 2.67 bits per heavy atom. The van der Waals surface area contributed by atoms with Crippen LogP contribution >= 0.6 is 0 Å². The number of aromatic amines is 1. The summed E-state index contributed by atoms with van der Waals surface area (Å²) < 4.78 is 0. The third-order valence-corrected chi connectivity index (χ3v) is 2.44. The molecule has 0 aromatic carbocycles. The van der Waals surface area contributed by atoms with Crippen LogP contribution in [0.1, 0.15) is 25.7 Å². The maximum absolute atomic E-state index is 11.6. The van der Waals surface area contributed by atoms with Crippen molar-refractivity contribution in [2.24, 2.45) is 0 Å². The highest BCUT2D eigenvalue weighted by molar-refractivity contribution is 6.16. The van der Waals surface area contributed by atoms with Crippen LogP contribution in [-0.2, 0) is 9.59 Å². The minimum atomic E-state index is -0.353. The van der Waals surface area contributed by atoms with Gasteiger partial charge in [-0.25, -0.2) is 4.98 Å². The largest absolute Gasteiger partial charge is 0.347 e. The molecule has 1 atom stereocenters. The van der Waals surface area contributed by atoms with E-state index in [1.54, 1.807) is 26.2 Å². The Kier molecular flexibility index (Phi) is 2.15. The highest BCUT2D eigenvalue weighted by atomic mass is 16.2. The number of nitrogens with zero attached hydrogens (tertiary/aromatic N) is 2.